The van der Waals surface area contributed by atoms with Gasteiger partial charge in [-0.2, -0.15) is 0 Å². The first-order valence-electron chi connectivity index (χ1n) is 10.7. The third-order valence-electron chi connectivity index (χ3n) is 5.58. The molecule has 1 aliphatic heterocycles. The Morgan fingerprint density at radius 3 is 1.88 bits per heavy atom. The Kier molecular flexibility index (Phi) is 6.11. The van der Waals surface area contributed by atoms with Crippen LogP contribution in [-0.2, 0) is 4.74 Å². The van der Waals surface area contributed by atoms with Crippen LogP contribution in [-0.4, -0.2) is 23.7 Å². The molecule has 0 bridgehead atoms. The van der Waals surface area contributed by atoms with E-state index in [0.717, 1.165) is 11.1 Å². The van der Waals surface area contributed by atoms with Crippen molar-refractivity contribution in [3.63, 3.8) is 0 Å². The van der Waals surface area contributed by atoms with Crippen LogP contribution in [0.3, 0.4) is 0 Å². The van der Waals surface area contributed by atoms with Crippen molar-refractivity contribution in [2.75, 3.05) is 6.61 Å². The molecule has 2 atom stereocenters. The summed E-state index contributed by atoms with van der Waals surface area (Å²) in [6, 6.07) is 38.9. The first-order chi connectivity index (χ1) is 15.8. The standard InChI is InChI=1S/C28H24NO2P/c30-27(21-12-4-1-5-13-21)25-20-31-28(29-25)24-18-10-11-19-26(24)32(22-14-6-2-7-15-22)23-16-8-3-9-17-23/h1-19,25,27,30H,20H2/t25-,27-/m1/s1. The molecule has 0 fully saturated rings. The summed E-state index contributed by atoms with van der Waals surface area (Å²) >= 11 is 0. The number of hydrogen-bond acceptors (Lipinski definition) is 3. The van der Waals surface area contributed by atoms with Crippen molar-refractivity contribution < 1.29 is 9.84 Å². The number of ether oxygens (including phenoxy) is 1. The van der Waals surface area contributed by atoms with Gasteiger partial charge >= 0.3 is 0 Å². The number of nitrogens with zero attached hydrogens (tertiary/aromatic N) is 1. The van der Waals surface area contributed by atoms with Crippen LogP contribution >= 0.6 is 7.92 Å². The lowest BCUT2D eigenvalue weighted by molar-refractivity contribution is 0.130. The van der Waals surface area contributed by atoms with Gasteiger partial charge in [0.15, 0.2) is 0 Å². The van der Waals surface area contributed by atoms with E-state index >= 15 is 0 Å². The predicted molar refractivity (Wildman–Crippen MR) is 133 cm³/mol. The second-order valence-corrected chi connectivity index (χ2v) is 9.88. The summed E-state index contributed by atoms with van der Waals surface area (Å²) in [4.78, 5) is 4.82. The molecular formula is C28H24NO2P. The molecule has 0 saturated heterocycles. The van der Waals surface area contributed by atoms with Gasteiger partial charge in [0.2, 0.25) is 5.90 Å². The van der Waals surface area contributed by atoms with Gasteiger partial charge < -0.3 is 9.84 Å². The minimum Gasteiger partial charge on any atom is -0.475 e. The van der Waals surface area contributed by atoms with Crippen molar-refractivity contribution in [1.29, 1.82) is 0 Å². The monoisotopic (exact) mass is 437 g/mol. The van der Waals surface area contributed by atoms with Crippen molar-refractivity contribution in [3.05, 3.63) is 126 Å². The van der Waals surface area contributed by atoms with Crippen molar-refractivity contribution in [2.24, 2.45) is 4.99 Å². The minimum atomic E-state index is -0.780. The maximum Gasteiger partial charge on any atom is 0.217 e. The van der Waals surface area contributed by atoms with Crippen LogP contribution in [0.5, 0.6) is 0 Å². The lowest BCUT2D eigenvalue weighted by Gasteiger charge is -2.22. The van der Waals surface area contributed by atoms with Crippen LogP contribution in [0.25, 0.3) is 0 Å². The van der Waals surface area contributed by atoms with E-state index < -0.39 is 14.0 Å². The predicted octanol–water partition coefficient (Wildman–Crippen LogP) is 4.32. The van der Waals surface area contributed by atoms with Gasteiger partial charge in [-0.1, -0.05) is 109 Å². The SMILES string of the molecule is O[C@H](c1ccccc1)[C@H]1COC(c2ccccc2P(c2ccccc2)c2ccccc2)=N1. The van der Waals surface area contributed by atoms with E-state index in [2.05, 4.69) is 66.7 Å². The summed E-state index contributed by atoms with van der Waals surface area (Å²) in [5.74, 6) is 0.611. The van der Waals surface area contributed by atoms with Crippen molar-refractivity contribution in [3.8, 4) is 0 Å². The molecule has 1 heterocycles. The Morgan fingerprint density at radius 1 is 0.719 bits per heavy atom. The lowest BCUT2D eigenvalue weighted by atomic mass is 10.0. The molecule has 0 spiro atoms. The summed E-state index contributed by atoms with van der Waals surface area (Å²) in [5.41, 5.74) is 1.85. The van der Waals surface area contributed by atoms with Crippen molar-refractivity contribution >= 4 is 29.7 Å². The van der Waals surface area contributed by atoms with Gasteiger partial charge in [-0.25, -0.2) is 4.99 Å². The summed E-state index contributed by atoms with van der Waals surface area (Å²) in [5, 5.41) is 14.6. The van der Waals surface area contributed by atoms with Gasteiger partial charge in [-0.15, -0.1) is 0 Å². The fourth-order valence-corrected chi connectivity index (χ4v) is 6.44. The molecule has 1 aliphatic rings. The third kappa shape index (κ3) is 4.23. The van der Waals surface area contributed by atoms with Crippen LogP contribution in [0.15, 0.2) is 120 Å². The average Bonchev–Trinajstić information content (AvgIpc) is 3.36. The molecule has 0 unspecified atom stereocenters. The molecule has 0 aliphatic carbocycles. The highest BCUT2D eigenvalue weighted by atomic mass is 31.1. The lowest BCUT2D eigenvalue weighted by Crippen LogP contribution is -2.25. The zero-order chi connectivity index (χ0) is 21.8. The van der Waals surface area contributed by atoms with Crippen LogP contribution in [0, 0.1) is 0 Å². The molecule has 0 radical (unpaired) electrons. The Balaban J connectivity index is 1.55. The van der Waals surface area contributed by atoms with Crippen molar-refractivity contribution in [2.45, 2.75) is 12.1 Å². The Hall–Kier alpha value is -3.26. The maximum absolute atomic E-state index is 10.8. The van der Waals surface area contributed by atoms with E-state index in [1.165, 1.54) is 15.9 Å². The number of hydrogen-bond donors (Lipinski definition) is 1. The van der Waals surface area contributed by atoms with Gasteiger partial charge in [-0.3, -0.25) is 0 Å². The zero-order valence-corrected chi connectivity index (χ0v) is 18.5. The zero-order valence-electron chi connectivity index (χ0n) is 17.6. The number of rotatable bonds is 6. The summed E-state index contributed by atoms with van der Waals surface area (Å²) < 4.78 is 6.06. The summed E-state index contributed by atoms with van der Waals surface area (Å²) in [7, 11) is -0.780. The van der Waals surface area contributed by atoms with Crippen LogP contribution in [0.2, 0.25) is 0 Å². The summed E-state index contributed by atoms with van der Waals surface area (Å²) in [6.07, 6.45) is -0.689. The third-order valence-corrected chi connectivity index (χ3v) is 8.08. The second-order valence-electron chi connectivity index (χ2n) is 7.69. The second kappa shape index (κ2) is 9.48. The maximum atomic E-state index is 10.8. The van der Waals surface area contributed by atoms with Gasteiger partial charge in [0.25, 0.3) is 0 Å². The number of aliphatic hydroxyl groups excluding tert-OH is 1. The number of aliphatic imine (C=N–C) groups is 1. The molecule has 4 heteroatoms. The van der Waals surface area contributed by atoms with E-state index in [-0.39, 0.29) is 6.04 Å². The highest BCUT2D eigenvalue weighted by Gasteiger charge is 2.30. The normalized spacial score (nSPS) is 16.4. The average molecular weight is 437 g/mol. The van der Waals surface area contributed by atoms with E-state index in [1.54, 1.807) is 0 Å². The molecule has 32 heavy (non-hydrogen) atoms. The number of aliphatic hydroxyl groups is 1. The van der Waals surface area contributed by atoms with Crippen molar-refractivity contribution in [1.82, 2.24) is 0 Å². The Labute approximate surface area is 189 Å². The van der Waals surface area contributed by atoms with E-state index in [1.807, 2.05) is 48.5 Å². The molecule has 3 nitrogen and oxygen atoms in total. The van der Waals surface area contributed by atoms with E-state index in [0.29, 0.717) is 12.5 Å². The Morgan fingerprint density at radius 2 is 1.25 bits per heavy atom. The molecule has 5 rings (SSSR count). The van der Waals surface area contributed by atoms with Gasteiger partial charge in [-0.05, 0) is 35.5 Å². The molecule has 4 aromatic carbocycles. The first kappa shape index (κ1) is 20.6. The quantitative estimate of drug-likeness (QED) is 0.457. The molecule has 0 aromatic heterocycles. The van der Waals surface area contributed by atoms with Gasteiger partial charge in [0.1, 0.15) is 18.8 Å². The molecule has 4 aromatic rings. The largest absolute Gasteiger partial charge is 0.475 e. The number of benzene rings is 4. The van der Waals surface area contributed by atoms with E-state index in [9.17, 15) is 5.11 Å². The van der Waals surface area contributed by atoms with Gasteiger partial charge in [0.05, 0.1) is 0 Å². The van der Waals surface area contributed by atoms with Crippen LogP contribution < -0.4 is 15.9 Å². The van der Waals surface area contributed by atoms with Crippen LogP contribution in [0.1, 0.15) is 17.2 Å². The molecule has 0 amide bonds. The van der Waals surface area contributed by atoms with Crippen LogP contribution in [0.4, 0.5) is 0 Å². The molecule has 0 saturated carbocycles. The first-order valence-corrected chi connectivity index (χ1v) is 12.1. The summed E-state index contributed by atoms with van der Waals surface area (Å²) in [6.45, 7) is 0.369. The minimum absolute atomic E-state index is 0.319. The van der Waals surface area contributed by atoms with Gasteiger partial charge in [0, 0.05) is 5.56 Å². The highest BCUT2D eigenvalue weighted by molar-refractivity contribution is 7.80. The fraction of sp³-hybridized carbons (Fsp3) is 0.107. The smallest absolute Gasteiger partial charge is 0.217 e. The molecule has 1 N–H and O–H groups in total. The molecular weight excluding hydrogens is 413 g/mol. The van der Waals surface area contributed by atoms with E-state index in [4.69, 9.17) is 9.73 Å². The highest BCUT2D eigenvalue weighted by Crippen LogP contribution is 2.35. The molecule has 158 valence electrons. The topological polar surface area (TPSA) is 41.8 Å². The fourth-order valence-electron chi connectivity index (χ4n) is 4.00. The Bertz CT molecular complexity index is 1160.